The van der Waals surface area contributed by atoms with Crippen LogP contribution in [0.4, 0.5) is 0 Å². The summed E-state index contributed by atoms with van der Waals surface area (Å²) in [4.78, 5) is 20.6. The van der Waals surface area contributed by atoms with Gasteiger partial charge in [0.05, 0.1) is 19.9 Å². The monoisotopic (exact) mass is 431 g/mol. The Morgan fingerprint density at radius 3 is 2.40 bits per heavy atom. The third-order valence-electron chi connectivity index (χ3n) is 6.19. The number of benzene rings is 1. The SMILES string of the molecule is COc1ccc(-c2nc(C)c(C(=O)NCC3(N(C)C)CCCCCC3)s2)cc1OC. The summed E-state index contributed by atoms with van der Waals surface area (Å²) in [6.45, 7) is 2.56. The quantitative estimate of drug-likeness (QED) is 0.653. The van der Waals surface area contributed by atoms with E-state index in [0.29, 0.717) is 22.9 Å². The summed E-state index contributed by atoms with van der Waals surface area (Å²) >= 11 is 1.42. The molecular formula is C23H33N3O3S. The van der Waals surface area contributed by atoms with E-state index in [1.54, 1.807) is 14.2 Å². The van der Waals surface area contributed by atoms with Crippen LogP contribution in [-0.2, 0) is 0 Å². The summed E-state index contributed by atoms with van der Waals surface area (Å²) in [5.41, 5.74) is 1.70. The molecule has 1 aliphatic carbocycles. The van der Waals surface area contributed by atoms with Crippen molar-refractivity contribution >= 4 is 17.2 Å². The van der Waals surface area contributed by atoms with Gasteiger partial charge in [-0.2, -0.15) is 0 Å². The van der Waals surface area contributed by atoms with Gasteiger partial charge in [0.15, 0.2) is 11.5 Å². The summed E-state index contributed by atoms with van der Waals surface area (Å²) in [7, 11) is 7.49. The molecule has 1 aromatic heterocycles. The van der Waals surface area contributed by atoms with Gasteiger partial charge in [-0.05, 0) is 52.1 Å². The number of thiazole rings is 1. The normalized spacial score (nSPS) is 16.2. The summed E-state index contributed by atoms with van der Waals surface area (Å²) in [6, 6.07) is 5.69. The minimum Gasteiger partial charge on any atom is -0.493 e. The second-order valence-electron chi connectivity index (χ2n) is 8.22. The molecule has 3 rings (SSSR count). The lowest BCUT2D eigenvalue weighted by atomic mass is 9.88. The fraction of sp³-hybridized carbons (Fsp3) is 0.565. The van der Waals surface area contributed by atoms with E-state index in [1.165, 1.54) is 37.0 Å². The first-order valence-electron chi connectivity index (χ1n) is 10.6. The summed E-state index contributed by atoms with van der Waals surface area (Å²) < 4.78 is 10.7. The van der Waals surface area contributed by atoms with E-state index in [2.05, 4.69) is 29.3 Å². The van der Waals surface area contributed by atoms with Crippen LogP contribution in [0.1, 0.15) is 53.9 Å². The Bertz CT molecular complexity index is 871. The largest absolute Gasteiger partial charge is 0.493 e. The van der Waals surface area contributed by atoms with E-state index in [0.717, 1.165) is 29.1 Å². The molecule has 0 spiro atoms. The van der Waals surface area contributed by atoms with E-state index in [4.69, 9.17) is 9.47 Å². The van der Waals surface area contributed by atoms with Crippen LogP contribution in [-0.4, -0.2) is 56.2 Å². The first kappa shape index (κ1) is 22.6. The number of hydrogen-bond donors (Lipinski definition) is 1. The molecule has 1 amide bonds. The molecule has 1 fully saturated rings. The van der Waals surface area contributed by atoms with E-state index in [9.17, 15) is 4.79 Å². The molecule has 0 unspecified atom stereocenters. The van der Waals surface area contributed by atoms with Gasteiger partial charge < -0.3 is 19.7 Å². The van der Waals surface area contributed by atoms with Gasteiger partial charge in [0.25, 0.3) is 5.91 Å². The molecule has 30 heavy (non-hydrogen) atoms. The molecule has 164 valence electrons. The number of carbonyl (C=O) groups is 1. The lowest BCUT2D eigenvalue weighted by Gasteiger charge is -2.39. The molecule has 1 aliphatic rings. The standard InChI is InChI=1S/C23H33N3O3S/c1-16-20(21(27)24-15-23(26(2)3)12-8-6-7-9-13-23)30-22(25-16)17-10-11-18(28-4)19(14-17)29-5/h10-11,14H,6-9,12-13,15H2,1-5H3,(H,24,27). The van der Waals surface area contributed by atoms with Crippen LogP contribution < -0.4 is 14.8 Å². The lowest BCUT2D eigenvalue weighted by molar-refractivity contribution is 0.0872. The summed E-state index contributed by atoms with van der Waals surface area (Å²) in [6.07, 6.45) is 7.25. The number of nitrogens with zero attached hydrogens (tertiary/aromatic N) is 2. The van der Waals surface area contributed by atoms with Crippen molar-refractivity contribution in [2.75, 3.05) is 34.9 Å². The average molecular weight is 432 g/mol. The maximum atomic E-state index is 13.0. The van der Waals surface area contributed by atoms with Crippen molar-refractivity contribution in [3.8, 4) is 22.1 Å². The third kappa shape index (κ3) is 4.78. The van der Waals surface area contributed by atoms with Crippen LogP contribution in [0.15, 0.2) is 18.2 Å². The number of carbonyl (C=O) groups excluding carboxylic acids is 1. The zero-order valence-corrected chi connectivity index (χ0v) is 19.5. The van der Waals surface area contributed by atoms with Crippen molar-refractivity contribution in [3.63, 3.8) is 0 Å². The van der Waals surface area contributed by atoms with Crippen LogP contribution in [0, 0.1) is 6.92 Å². The molecule has 1 N–H and O–H groups in total. The molecule has 0 bridgehead atoms. The van der Waals surface area contributed by atoms with Crippen molar-refractivity contribution in [1.29, 1.82) is 0 Å². The highest BCUT2D eigenvalue weighted by atomic mass is 32.1. The molecule has 0 radical (unpaired) electrons. The first-order valence-corrected chi connectivity index (χ1v) is 11.4. The zero-order chi connectivity index (χ0) is 21.7. The molecule has 1 heterocycles. The molecular weight excluding hydrogens is 398 g/mol. The minimum atomic E-state index is -0.0396. The number of ether oxygens (including phenoxy) is 2. The van der Waals surface area contributed by atoms with Gasteiger partial charge >= 0.3 is 0 Å². The van der Waals surface area contributed by atoms with E-state index in [1.807, 2.05) is 25.1 Å². The highest BCUT2D eigenvalue weighted by Crippen LogP contribution is 2.35. The number of likely N-dealkylation sites (N-methyl/N-ethyl adjacent to an activating group) is 1. The third-order valence-corrected chi connectivity index (χ3v) is 7.40. The topological polar surface area (TPSA) is 63.7 Å². The molecule has 2 aromatic rings. The van der Waals surface area contributed by atoms with E-state index < -0.39 is 0 Å². The Morgan fingerprint density at radius 1 is 1.13 bits per heavy atom. The van der Waals surface area contributed by atoms with Crippen LogP contribution >= 0.6 is 11.3 Å². The maximum Gasteiger partial charge on any atom is 0.263 e. The Morgan fingerprint density at radius 2 is 1.80 bits per heavy atom. The van der Waals surface area contributed by atoms with E-state index in [-0.39, 0.29) is 11.4 Å². The number of hydrogen-bond acceptors (Lipinski definition) is 6. The number of rotatable bonds is 7. The van der Waals surface area contributed by atoms with Crippen molar-refractivity contribution in [3.05, 3.63) is 28.8 Å². The molecule has 6 nitrogen and oxygen atoms in total. The van der Waals surface area contributed by atoms with E-state index >= 15 is 0 Å². The van der Waals surface area contributed by atoms with Gasteiger partial charge in [-0.25, -0.2) is 4.98 Å². The molecule has 0 saturated heterocycles. The number of nitrogens with one attached hydrogen (secondary N) is 1. The van der Waals surface area contributed by atoms with Crippen molar-refractivity contribution in [1.82, 2.24) is 15.2 Å². The molecule has 0 atom stereocenters. The van der Waals surface area contributed by atoms with Gasteiger partial charge in [0.2, 0.25) is 0 Å². The fourth-order valence-corrected chi connectivity index (χ4v) is 5.17. The Labute approximate surface area is 183 Å². The van der Waals surface area contributed by atoms with Gasteiger partial charge in [0, 0.05) is 17.6 Å². The molecule has 1 aromatic carbocycles. The van der Waals surface area contributed by atoms with Gasteiger partial charge in [0.1, 0.15) is 9.88 Å². The zero-order valence-electron chi connectivity index (χ0n) is 18.7. The number of amides is 1. The van der Waals surface area contributed by atoms with Crippen molar-refractivity contribution in [2.24, 2.45) is 0 Å². The fourth-order valence-electron chi connectivity index (χ4n) is 4.19. The van der Waals surface area contributed by atoms with Crippen LogP contribution in [0.3, 0.4) is 0 Å². The second-order valence-corrected chi connectivity index (χ2v) is 9.22. The van der Waals surface area contributed by atoms with Gasteiger partial charge in [-0.15, -0.1) is 11.3 Å². The van der Waals surface area contributed by atoms with Crippen LogP contribution in [0.25, 0.3) is 10.6 Å². The minimum absolute atomic E-state index is 0.0386. The van der Waals surface area contributed by atoms with Gasteiger partial charge in [-0.1, -0.05) is 25.7 Å². The Balaban J connectivity index is 1.77. The molecule has 0 aliphatic heterocycles. The van der Waals surface area contributed by atoms with Crippen molar-refractivity contribution in [2.45, 2.75) is 51.0 Å². The van der Waals surface area contributed by atoms with Crippen LogP contribution in [0.2, 0.25) is 0 Å². The predicted molar refractivity (Wildman–Crippen MR) is 122 cm³/mol. The molecule has 7 heteroatoms. The maximum absolute atomic E-state index is 13.0. The number of aryl methyl sites for hydroxylation is 1. The highest BCUT2D eigenvalue weighted by molar-refractivity contribution is 7.17. The molecule has 1 saturated carbocycles. The number of methoxy groups -OCH3 is 2. The highest BCUT2D eigenvalue weighted by Gasteiger charge is 2.34. The lowest BCUT2D eigenvalue weighted by Crippen LogP contribution is -2.52. The number of aromatic nitrogens is 1. The summed E-state index contributed by atoms with van der Waals surface area (Å²) in [5, 5.41) is 4.01. The van der Waals surface area contributed by atoms with Crippen LogP contribution in [0.5, 0.6) is 11.5 Å². The Hall–Kier alpha value is -2.12. The van der Waals surface area contributed by atoms with Gasteiger partial charge in [-0.3, -0.25) is 4.79 Å². The average Bonchev–Trinajstić information content (AvgIpc) is 2.97. The second kappa shape index (κ2) is 9.79. The van der Waals surface area contributed by atoms with Crippen molar-refractivity contribution < 1.29 is 14.3 Å². The first-order chi connectivity index (χ1) is 14.4. The predicted octanol–water partition coefficient (Wildman–Crippen LogP) is 4.52. The smallest absolute Gasteiger partial charge is 0.263 e. The summed E-state index contributed by atoms with van der Waals surface area (Å²) in [5.74, 6) is 1.28. The Kier molecular flexibility index (Phi) is 7.36.